The van der Waals surface area contributed by atoms with Gasteiger partial charge in [0.2, 0.25) is 11.8 Å². The van der Waals surface area contributed by atoms with Crippen LogP contribution in [0.2, 0.25) is 0 Å². The summed E-state index contributed by atoms with van der Waals surface area (Å²) in [6.07, 6.45) is 0.466. The van der Waals surface area contributed by atoms with Crippen molar-refractivity contribution in [3.8, 4) is 0 Å². The van der Waals surface area contributed by atoms with E-state index in [1.165, 1.54) is 16.7 Å². The van der Waals surface area contributed by atoms with Gasteiger partial charge < -0.3 is 10.6 Å². The van der Waals surface area contributed by atoms with Crippen LogP contribution < -0.4 is 10.6 Å². The second-order valence-electron chi connectivity index (χ2n) is 8.91. The smallest absolute Gasteiger partial charge is 0.259 e. The summed E-state index contributed by atoms with van der Waals surface area (Å²) in [7, 11) is 0. The zero-order valence-corrected chi connectivity index (χ0v) is 21.5. The minimum Gasteiger partial charge on any atom is -0.352 e. The number of carbonyl (C=O) groups is 3. The number of carbonyl (C=O) groups excluding carboxylic acids is 3. The van der Waals surface area contributed by atoms with Crippen LogP contribution in [0.25, 0.3) is 0 Å². The average molecular weight is 526 g/mol. The number of thioether (sulfide) groups is 1. The Morgan fingerprint density at radius 2 is 1.42 bits per heavy atom. The van der Waals surface area contributed by atoms with Gasteiger partial charge in [0.15, 0.2) is 5.17 Å². The lowest BCUT2D eigenvalue weighted by atomic mass is 10.1. The molecule has 3 amide bonds. The maximum atomic E-state index is 13.4. The first-order valence-corrected chi connectivity index (χ1v) is 13.4. The summed E-state index contributed by atoms with van der Waals surface area (Å²) < 4.78 is 0. The number of benzene rings is 3. The Hall–Kier alpha value is -4.24. The molecule has 8 nitrogen and oxygen atoms in total. The molecule has 3 aromatic rings. The lowest BCUT2D eigenvalue weighted by Gasteiger charge is -2.25. The van der Waals surface area contributed by atoms with Crippen LogP contribution in [-0.2, 0) is 27.5 Å². The summed E-state index contributed by atoms with van der Waals surface area (Å²) in [5, 5.41) is 6.21. The number of amidine groups is 2. The normalized spacial score (nSPS) is 15.7. The maximum Gasteiger partial charge on any atom is 0.259 e. The highest BCUT2D eigenvalue weighted by atomic mass is 32.2. The van der Waals surface area contributed by atoms with E-state index in [9.17, 15) is 14.4 Å². The third-order valence-corrected chi connectivity index (χ3v) is 7.13. The van der Waals surface area contributed by atoms with Gasteiger partial charge in [0.05, 0.1) is 11.4 Å². The number of hydrogen-bond acceptors (Lipinski definition) is 6. The van der Waals surface area contributed by atoms with E-state index >= 15 is 0 Å². The average Bonchev–Trinajstić information content (AvgIpc) is 3.30. The molecule has 0 radical (unpaired) electrons. The van der Waals surface area contributed by atoms with Crippen LogP contribution in [0.15, 0.2) is 94.9 Å². The molecular weight excluding hydrogens is 498 g/mol. The summed E-state index contributed by atoms with van der Waals surface area (Å²) in [5.74, 6) is 0.101. The van der Waals surface area contributed by atoms with Crippen LogP contribution in [0, 0.1) is 0 Å². The van der Waals surface area contributed by atoms with Gasteiger partial charge in [-0.15, -0.1) is 0 Å². The molecule has 0 saturated heterocycles. The summed E-state index contributed by atoms with van der Waals surface area (Å²) in [6.45, 7) is 0.866. The zero-order valence-electron chi connectivity index (χ0n) is 20.7. The van der Waals surface area contributed by atoms with Crippen LogP contribution in [0.3, 0.4) is 0 Å². The number of nitrogens with zero attached hydrogens (tertiary/aromatic N) is 3. The fraction of sp³-hybridized carbons (Fsp3) is 0.207. The summed E-state index contributed by atoms with van der Waals surface area (Å²) >= 11 is 1.20. The molecule has 2 aliphatic heterocycles. The SMILES string of the molecule is O=C(CC[C@@H]1N=C2c3ccccc3N=C(SCC(=O)NCc3ccccc3)N2C1=O)NCc1ccccc1. The largest absolute Gasteiger partial charge is 0.352 e. The third-order valence-electron chi connectivity index (χ3n) is 6.19. The van der Waals surface area contributed by atoms with E-state index in [0.29, 0.717) is 29.8 Å². The Labute approximate surface area is 225 Å². The molecule has 1 atom stereocenters. The number of rotatable bonds is 9. The summed E-state index contributed by atoms with van der Waals surface area (Å²) in [6, 6.07) is 26.1. The standard InChI is InChI=1S/C29H27N5O3S/c35-25(30-17-20-9-3-1-4-10-20)16-15-24-28(37)34-27(32-24)22-13-7-8-14-23(22)33-29(34)38-19-26(36)31-18-21-11-5-2-6-12-21/h1-14,24H,15-19H2,(H,30,35)(H,31,36)/t24-/m0/s1. The molecule has 192 valence electrons. The van der Waals surface area contributed by atoms with Crippen molar-refractivity contribution in [1.29, 1.82) is 0 Å². The highest BCUT2D eigenvalue weighted by Gasteiger charge is 2.41. The number of amides is 3. The fourth-order valence-corrected chi connectivity index (χ4v) is 5.05. The number of aliphatic imine (C=N–C) groups is 2. The van der Waals surface area contributed by atoms with Crippen molar-refractivity contribution in [3.05, 3.63) is 102 Å². The Bertz CT molecular complexity index is 1390. The van der Waals surface area contributed by atoms with Gasteiger partial charge in [0.25, 0.3) is 5.91 Å². The van der Waals surface area contributed by atoms with Gasteiger partial charge in [-0.25, -0.2) is 9.89 Å². The molecule has 0 saturated carbocycles. The Morgan fingerprint density at radius 1 is 0.816 bits per heavy atom. The van der Waals surface area contributed by atoms with Crippen molar-refractivity contribution in [3.63, 3.8) is 0 Å². The number of fused-ring (bicyclic) bond motifs is 3. The van der Waals surface area contributed by atoms with Crippen molar-refractivity contribution in [2.75, 3.05) is 5.75 Å². The van der Waals surface area contributed by atoms with Crippen molar-refractivity contribution < 1.29 is 14.4 Å². The second-order valence-corrected chi connectivity index (χ2v) is 9.85. The van der Waals surface area contributed by atoms with Gasteiger partial charge in [0.1, 0.15) is 11.9 Å². The van der Waals surface area contributed by atoms with Crippen molar-refractivity contribution >= 4 is 46.2 Å². The lowest BCUT2D eigenvalue weighted by molar-refractivity contribution is -0.125. The predicted octanol–water partition coefficient (Wildman–Crippen LogP) is 3.79. The molecule has 9 heteroatoms. The van der Waals surface area contributed by atoms with Crippen molar-refractivity contribution in [2.24, 2.45) is 9.98 Å². The molecule has 38 heavy (non-hydrogen) atoms. The van der Waals surface area contributed by atoms with Crippen LogP contribution in [0.4, 0.5) is 5.69 Å². The summed E-state index contributed by atoms with van der Waals surface area (Å²) in [4.78, 5) is 49.2. The van der Waals surface area contributed by atoms with Gasteiger partial charge in [-0.05, 0) is 29.7 Å². The predicted molar refractivity (Wildman–Crippen MR) is 149 cm³/mol. The molecule has 0 bridgehead atoms. The van der Waals surface area contributed by atoms with Crippen molar-refractivity contribution in [1.82, 2.24) is 15.5 Å². The molecule has 5 rings (SSSR count). The highest BCUT2D eigenvalue weighted by molar-refractivity contribution is 8.14. The second kappa shape index (κ2) is 11.9. The first kappa shape index (κ1) is 25.4. The first-order chi connectivity index (χ1) is 18.6. The molecule has 2 N–H and O–H groups in total. The molecule has 3 aromatic carbocycles. The van der Waals surface area contributed by atoms with Crippen LogP contribution in [-0.4, -0.2) is 45.4 Å². The molecule has 0 spiro atoms. The molecule has 0 unspecified atom stereocenters. The number of hydrogen-bond donors (Lipinski definition) is 2. The molecule has 2 heterocycles. The number of para-hydroxylation sites is 1. The van der Waals surface area contributed by atoms with E-state index in [1.54, 1.807) is 0 Å². The van der Waals surface area contributed by atoms with Gasteiger partial charge in [-0.2, -0.15) is 0 Å². The summed E-state index contributed by atoms with van der Waals surface area (Å²) in [5.41, 5.74) is 3.48. The molecule has 0 fully saturated rings. The van der Waals surface area contributed by atoms with E-state index in [1.807, 2.05) is 84.9 Å². The molecular formula is C29H27N5O3S. The molecule has 0 aromatic heterocycles. The zero-order chi connectivity index (χ0) is 26.3. The maximum absolute atomic E-state index is 13.4. The number of nitrogens with one attached hydrogen (secondary N) is 2. The molecule has 0 aliphatic carbocycles. The monoisotopic (exact) mass is 525 g/mol. The Kier molecular flexibility index (Phi) is 7.94. The Morgan fingerprint density at radius 3 is 2.11 bits per heavy atom. The Balaban J connectivity index is 1.22. The minimum atomic E-state index is -0.684. The van der Waals surface area contributed by atoms with Crippen LogP contribution in [0.5, 0.6) is 0 Å². The third kappa shape index (κ3) is 6.00. The van der Waals surface area contributed by atoms with Crippen molar-refractivity contribution in [2.45, 2.75) is 32.0 Å². The quantitative estimate of drug-likeness (QED) is 0.444. The van der Waals surface area contributed by atoms with Gasteiger partial charge >= 0.3 is 0 Å². The lowest BCUT2D eigenvalue weighted by Crippen LogP contribution is -2.41. The van der Waals surface area contributed by atoms with Crippen LogP contribution in [0.1, 0.15) is 29.5 Å². The fourth-order valence-electron chi connectivity index (χ4n) is 4.22. The van der Waals surface area contributed by atoms with E-state index in [0.717, 1.165) is 16.7 Å². The van der Waals surface area contributed by atoms with Gasteiger partial charge in [0, 0.05) is 25.1 Å². The highest BCUT2D eigenvalue weighted by Crippen LogP contribution is 2.34. The van der Waals surface area contributed by atoms with Gasteiger partial charge in [-0.1, -0.05) is 84.6 Å². The minimum absolute atomic E-state index is 0.109. The van der Waals surface area contributed by atoms with Crippen LogP contribution >= 0.6 is 11.8 Å². The van der Waals surface area contributed by atoms with E-state index < -0.39 is 6.04 Å². The van der Waals surface area contributed by atoms with E-state index in [2.05, 4.69) is 15.6 Å². The van der Waals surface area contributed by atoms with Gasteiger partial charge in [-0.3, -0.25) is 19.4 Å². The van der Waals surface area contributed by atoms with E-state index in [4.69, 9.17) is 4.99 Å². The van der Waals surface area contributed by atoms with E-state index in [-0.39, 0.29) is 36.3 Å². The first-order valence-electron chi connectivity index (χ1n) is 12.4. The topological polar surface area (TPSA) is 103 Å². The molecule has 2 aliphatic rings.